The van der Waals surface area contributed by atoms with Gasteiger partial charge in [0.15, 0.2) is 0 Å². The predicted molar refractivity (Wildman–Crippen MR) is 117 cm³/mol. The Hall–Kier alpha value is -2.33. The molecule has 0 heterocycles. The molecule has 3 nitrogen and oxygen atoms in total. The van der Waals surface area contributed by atoms with Crippen LogP contribution < -0.4 is 5.43 Å². The van der Waals surface area contributed by atoms with E-state index in [1.807, 2.05) is 48.5 Å². The van der Waals surface area contributed by atoms with Crippen LogP contribution >= 0.6 is 34.8 Å². The summed E-state index contributed by atoms with van der Waals surface area (Å²) in [7, 11) is 0. The molecule has 0 radical (unpaired) electrons. The zero-order valence-electron chi connectivity index (χ0n) is 14.8. The highest BCUT2D eigenvalue weighted by atomic mass is 35.5. The van der Waals surface area contributed by atoms with Gasteiger partial charge in [-0.05, 0) is 47.5 Å². The van der Waals surface area contributed by atoms with Gasteiger partial charge in [0.2, 0.25) is 0 Å². The second kappa shape index (κ2) is 9.74. The van der Waals surface area contributed by atoms with E-state index >= 15 is 0 Å². The van der Waals surface area contributed by atoms with Crippen molar-refractivity contribution in [2.45, 2.75) is 12.8 Å². The van der Waals surface area contributed by atoms with Gasteiger partial charge in [-0.25, -0.2) is 5.43 Å². The third-order valence-corrected chi connectivity index (χ3v) is 4.91. The number of amides is 1. The minimum atomic E-state index is -0.352. The van der Waals surface area contributed by atoms with E-state index in [9.17, 15) is 4.79 Å². The van der Waals surface area contributed by atoms with Crippen LogP contribution in [-0.4, -0.2) is 11.6 Å². The summed E-state index contributed by atoms with van der Waals surface area (Å²) in [4.78, 5) is 12.4. The van der Waals surface area contributed by atoms with Crippen LogP contribution in [0.2, 0.25) is 15.1 Å². The minimum absolute atomic E-state index is 0.352. The molecular weight excluding hydrogens is 415 g/mol. The Morgan fingerprint density at radius 1 is 0.750 bits per heavy atom. The van der Waals surface area contributed by atoms with Crippen molar-refractivity contribution in [3.63, 3.8) is 0 Å². The van der Waals surface area contributed by atoms with E-state index in [1.165, 1.54) is 0 Å². The number of carbonyl (C=O) groups excluding carboxylic acids is 1. The normalized spacial score (nSPS) is 10.4. The molecule has 1 N–H and O–H groups in total. The molecule has 3 aromatic carbocycles. The van der Waals surface area contributed by atoms with Crippen molar-refractivity contribution in [2.75, 3.05) is 0 Å². The predicted octanol–water partition coefficient (Wildman–Crippen LogP) is 6.22. The Kier molecular flexibility index (Phi) is 7.10. The molecule has 0 saturated heterocycles. The van der Waals surface area contributed by atoms with Crippen molar-refractivity contribution in [1.29, 1.82) is 0 Å². The molecule has 0 aromatic heterocycles. The van der Waals surface area contributed by atoms with Gasteiger partial charge in [0.05, 0.1) is 10.6 Å². The summed E-state index contributed by atoms with van der Waals surface area (Å²) in [5.74, 6) is -0.352. The Morgan fingerprint density at radius 3 is 1.75 bits per heavy atom. The van der Waals surface area contributed by atoms with Crippen molar-refractivity contribution in [1.82, 2.24) is 5.43 Å². The first-order valence-corrected chi connectivity index (χ1v) is 9.74. The number of nitrogens with one attached hydrogen (secondary N) is 1. The van der Waals surface area contributed by atoms with Gasteiger partial charge in [0.25, 0.3) is 5.91 Å². The molecule has 0 aliphatic rings. The van der Waals surface area contributed by atoms with Crippen LogP contribution in [0.15, 0.2) is 77.9 Å². The molecule has 0 spiro atoms. The molecule has 0 aliphatic heterocycles. The maximum absolute atomic E-state index is 12.4. The Morgan fingerprint density at radius 2 is 1.25 bits per heavy atom. The number of hydrogen-bond donors (Lipinski definition) is 1. The fraction of sp³-hybridized carbons (Fsp3) is 0.0909. The number of benzene rings is 3. The molecule has 3 aromatic rings. The third-order valence-electron chi connectivity index (χ3n) is 4.08. The van der Waals surface area contributed by atoms with Crippen LogP contribution in [0.1, 0.15) is 21.5 Å². The summed E-state index contributed by atoms with van der Waals surface area (Å²) in [6, 6.07) is 21.9. The van der Waals surface area contributed by atoms with E-state index in [2.05, 4.69) is 10.5 Å². The van der Waals surface area contributed by atoms with Gasteiger partial charge in [0, 0.05) is 28.6 Å². The number of rotatable bonds is 6. The molecule has 0 fully saturated rings. The zero-order chi connectivity index (χ0) is 19.9. The van der Waals surface area contributed by atoms with Gasteiger partial charge < -0.3 is 0 Å². The summed E-state index contributed by atoms with van der Waals surface area (Å²) >= 11 is 18.0. The molecule has 0 unspecified atom stereocenters. The third kappa shape index (κ3) is 5.83. The van der Waals surface area contributed by atoms with Crippen LogP contribution in [-0.2, 0) is 12.8 Å². The largest absolute Gasteiger partial charge is 0.272 e. The molecule has 0 saturated carbocycles. The fourth-order valence-corrected chi connectivity index (χ4v) is 3.13. The standard InChI is InChI=1S/C22H17Cl3N2O/c23-17-9-5-15(6-10-17)13-19(14-16-7-11-18(24)12-8-16)26-27-22(28)20-3-1-2-4-21(20)25/h1-12H,13-14H2,(H,27,28). The number of hydrazone groups is 1. The molecular formula is C22H17Cl3N2O. The van der Waals surface area contributed by atoms with Gasteiger partial charge in [-0.2, -0.15) is 5.10 Å². The summed E-state index contributed by atoms with van der Waals surface area (Å²) in [6.07, 6.45) is 1.14. The Labute approximate surface area is 178 Å². The summed E-state index contributed by atoms with van der Waals surface area (Å²) < 4.78 is 0. The SMILES string of the molecule is O=C(NN=C(Cc1ccc(Cl)cc1)Cc1ccc(Cl)cc1)c1ccccc1Cl. The van der Waals surface area contributed by atoms with E-state index in [1.54, 1.807) is 24.3 Å². The van der Waals surface area contributed by atoms with Crippen LogP contribution in [0.3, 0.4) is 0 Å². The highest BCUT2D eigenvalue weighted by Crippen LogP contribution is 2.16. The van der Waals surface area contributed by atoms with Crippen molar-refractivity contribution in [2.24, 2.45) is 5.10 Å². The van der Waals surface area contributed by atoms with Crippen molar-refractivity contribution in [3.8, 4) is 0 Å². The smallest absolute Gasteiger partial charge is 0.267 e. The molecule has 0 aliphatic carbocycles. The molecule has 3 rings (SSSR count). The van der Waals surface area contributed by atoms with E-state index < -0.39 is 0 Å². The molecule has 0 bridgehead atoms. The number of carbonyl (C=O) groups is 1. The Balaban J connectivity index is 1.80. The zero-order valence-corrected chi connectivity index (χ0v) is 17.1. The van der Waals surface area contributed by atoms with Gasteiger partial charge in [0.1, 0.15) is 0 Å². The lowest BCUT2D eigenvalue weighted by molar-refractivity contribution is 0.0955. The highest BCUT2D eigenvalue weighted by Gasteiger charge is 2.10. The highest BCUT2D eigenvalue weighted by molar-refractivity contribution is 6.33. The van der Waals surface area contributed by atoms with Crippen molar-refractivity contribution >= 4 is 46.4 Å². The quantitative estimate of drug-likeness (QED) is 0.365. The van der Waals surface area contributed by atoms with Gasteiger partial charge in [-0.15, -0.1) is 0 Å². The topological polar surface area (TPSA) is 41.5 Å². The van der Waals surface area contributed by atoms with E-state index in [0.717, 1.165) is 16.8 Å². The first kappa shape index (κ1) is 20.4. The average Bonchev–Trinajstić information content (AvgIpc) is 2.69. The first-order valence-electron chi connectivity index (χ1n) is 8.60. The first-order chi connectivity index (χ1) is 13.5. The lowest BCUT2D eigenvalue weighted by atomic mass is 10.0. The number of hydrogen-bond acceptors (Lipinski definition) is 2. The van der Waals surface area contributed by atoms with Crippen molar-refractivity contribution in [3.05, 3.63) is 105 Å². The monoisotopic (exact) mass is 430 g/mol. The molecule has 28 heavy (non-hydrogen) atoms. The van der Waals surface area contributed by atoms with Gasteiger partial charge in [-0.3, -0.25) is 4.79 Å². The lowest BCUT2D eigenvalue weighted by Crippen LogP contribution is -2.21. The van der Waals surface area contributed by atoms with E-state index in [0.29, 0.717) is 33.5 Å². The summed E-state index contributed by atoms with van der Waals surface area (Å²) in [6.45, 7) is 0. The molecule has 142 valence electrons. The second-order valence-electron chi connectivity index (χ2n) is 6.21. The van der Waals surface area contributed by atoms with E-state index in [4.69, 9.17) is 34.8 Å². The van der Waals surface area contributed by atoms with Crippen LogP contribution in [0.4, 0.5) is 0 Å². The Bertz CT molecular complexity index is 934. The van der Waals surface area contributed by atoms with Crippen LogP contribution in [0.5, 0.6) is 0 Å². The number of nitrogens with zero attached hydrogens (tertiary/aromatic N) is 1. The minimum Gasteiger partial charge on any atom is -0.267 e. The fourth-order valence-electron chi connectivity index (χ4n) is 2.65. The second-order valence-corrected chi connectivity index (χ2v) is 7.49. The summed E-state index contributed by atoms with van der Waals surface area (Å²) in [5, 5.41) is 6.10. The average molecular weight is 432 g/mol. The van der Waals surface area contributed by atoms with Gasteiger partial charge in [-0.1, -0.05) is 71.2 Å². The maximum atomic E-state index is 12.4. The van der Waals surface area contributed by atoms with Gasteiger partial charge >= 0.3 is 0 Å². The maximum Gasteiger partial charge on any atom is 0.272 e. The van der Waals surface area contributed by atoms with Crippen LogP contribution in [0, 0.1) is 0 Å². The molecule has 1 amide bonds. The molecule has 6 heteroatoms. The van der Waals surface area contributed by atoms with Crippen LogP contribution in [0.25, 0.3) is 0 Å². The molecule has 0 atom stereocenters. The van der Waals surface area contributed by atoms with Crippen molar-refractivity contribution < 1.29 is 4.79 Å². The van der Waals surface area contributed by atoms with E-state index in [-0.39, 0.29) is 5.91 Å². The number of halogens is 3. The lowest BCUT2D eigenvalue weighted by Gasteiger charge is -2.09. The summed E-state index contributed by atoms with van der Waals surface area (Å²) in [5.41, 5.74) is 5.88.